The first-order chi connectivity index (χ1) is 7.65. The van der Waals surface area contributed by atoms with Crippen molar-refractivity contribution < 1.29 is 5.11 Å². The van der Waals surface area contributed by atoms with Gasteiger partial charge in [-0.25, -0.2) is 0 Å². The standard InChI is InChI=1S/C14H27NO/c1-11(12-6-3-4-7-12)15-13-8-5-9-14(13,2)10-16/h11-13,15-16H,3-10H2,1-2H3. The molecule has 2 aliphatic carbocycles. The molecule has 3 atom stereocenters. The number of rotatable bonds is 4. The molecule has 2 N–H and O–H groups in total. The molecule has 2 rings (SSSR count). The molecule has 0 aromatic rings. The van der Waals surface area contributed by atoms with E-state index >= 15 is 0 Å². The van der Waals surface area contributed by atoms with Gasteiger partial charge in [0.25, 0.3) is 0 Å². The fraction of sp³-hybridized carbons (Fsp3) is 1.00. The average Bonchev–Trinajstić information content (AvgIpc) is 2.89. The maximum Gasteiger partial charge on any atom is 0.0499 e. The van der Waals surface area contributed by atoms with Crippen molar-refractivity contribution in [1.29, 1.82) is 0 Å². The number of hydrogen-bond acceptors (Lipinski definition) is 2. The second kappa shape index (κ2) is 5.05. The van der Waals surface area contributed by atoms with Crippen LogP contribution in [-0.2, 0) is 0 Å². The maximum absolute atomic E-state index is 9.53. The summed E-state index contributed by atoms with van der Waals surface area (Å²) in [6.45, 7) is 4.91. The van der Waals surface area contributed by atoms with Crippen LogP contribution in [0.3, 0.4) is 0 Å². The van der Waals surface area contributed by atoms with Crippen molar-refractivity contribution >= 4 is 0 Å². The predicted octanol–water partition coefficient (Wildman–Crippen LogP) is 2.71. The summed E-state index contributed by atoms with van der Waals surface area (Å²) in [6.07, 6.45) is 9.32. The lowest BCUT2D eigenvalue weighted by Gasteiger charge is -2.34. The molecule has 0 aromatic heterocycles. The molecule has 0 radical (unpaired) electrons. The fourth-order valence-electron chi connectivity index (χ4n) is 3.62. The molecule has 0 saturated heterocycles. The van der Waals surface area contributed by atoms with E-state index < -0.39 is 0 Å². The second-order valence-electron chi connectivity index (χ2n) is 6.26. The summed E-state index contributed by atoms with van der Waals surface area (Å²) >= 11 is 0. The van der Waals surface area contributed by atoms with Crippen LogP contribution in [0, 0.1) is 11.3 Å². The number of aliphatic hydroxyl groups is 1. The summed E-state index contributed by atoms with van der Waals surface area (Å²) in [6, 6.07) is 1.17. The minimum atomic E-state index is 0.132. The molecular weight excluding hydrogens is 198 g/mol. The lowest BCUT2D eigenvalue weighted by atomic mass is 9.84. The van der Waals surface area contributed by atoms with Crippen LogP contribution in [0.4, 0.5) is 0 Å². The zero-order valence-corrected chi connectivity index (χ0v) is 10.8. The van der Waals surface area contributed by atoms with Gasteiger partial charge >= 0.3 is 0 Å². The van der Waals surface area contributed by atoms with Gasteiger partial charge in [-0.15, -0.1) is 0 Å². The summed E-state index contributed by atoms with van der Waals surface area (Å²) in [4.78, 5) is 0. The highest BCUT2D eigenvalue weighted by molar-refractivity contribution is 4.95. The summed E-state index contributed by atoms with van der Waals surface area (Å²) in [5.41, 5.74) is 0.132. The van der Waals surface area contributed by atoms with Crippen molar-refractivity contribution in [2.24, 2.45) is 11.3 Å². The predicted molar refractivity (Wildman–Crippen MR) is 67.4 cm³/mol. The van der Waals surface area contributed by atoms with Crippen molar-refractivity contribution in [3.05, 3.63) is 0 Å². The number of aliphatic hydroxyl groups excluding tert-OH is 1. The lowest BCUT2D eigenvalue weighted by Crippen LogP contribution is -2.47. The first-order valence-electron chi connectivity index (χ1n) is 7.02. The quantitative estimate of drug-likeness (QED) is 0.771. The third-order valence-electron chi connectivity index (χ3n) is 5.01. The van der Waals surface area contributed by atoms with Crippen LogP contribution in [0.25, 0.3) is 0 Å². The Kier molecular flexibility index (Phi) is 3.91. The zero-order valence-electron chi connectivity index (χ0n) is 10.8. The van der Waals surface area contributed by atoms with Crippen LogP contribution in [0.1, 0.15) is 58.8 Å². The molecule has 2 aliphatic rings. The summed E-state index contributed by atoms with van der Waals surface area (Å²) in [7, 11) is 0. The van der Waals surface area contributed by atoms with E-state index in [-0.39, 0.29) is 5.41 Å². The minimum absolute atomic E-state index is 0.132. The molecule has 0 heterocycles. The number of nitrogens with one attached hydrogen (secondary N) is 1. The Bertz CT molecular complexity index is 225. The average molecular weight is 225 g/mol. The molecule has 2 saturated carbocycles. The molecule has 0 aliphatic heterocycles. The number of hydrogen-bond donors (Lipinski definition) is 2. The van der Waals surface area contributed by atoms with Gasteiger partial charge in [0.15, 0.2) is 0 Å². The summed E-state index contributed by atoms with van der Waals surface area (Å²) in [5.74, 6) is 0.878. The highest BCUT2D eigenvalue weighted by Gasteiger charge is 2.39. The molecule has 94 valence electrons. The van der Waals surface area contributed by atoms with Gasteiger partial charge in [-0.3, -0.25) is 0 Å². The van der Waals surface area contributed by atoms with E-state index in [4.69, 9.17) is 0 Å². The van der Waals surface area contributed by atoms with E-state index in [1.54, 1.807) is 0 Å². The van der Waals surface area contributed by atoms with Gasteiger partial charge in [-0.05, 0) is 38.5 Å². The highest BCUT2D eigenvalue weighted by Crippen LogP contribution is 2.38. The van der Waals surface area contributed by atoms with Crippen LogP contribution in [0.5, 0.6) is 0 Å². The van der Waals surface area contributed by atoms with Crippen molar-refractivity contribution in [3.8, 4) is 0 Å². The van der Waals surface area contributed by atoms with Crippen molar-refractivity contribution in [2.45, 2.75) is 70.9 Å². The van der Waals surface area contributed by atoms with Crippen LogP contribution in [0.2, 0.25) is 0 Å². The maximum atomic E-state index is 9.53. The molecule has 0 aromatic carbocycles. The van der Waals surface area contributed by atoms with E-state index in [9.17, 15) is 5.11 Å². The fourth-order valence-corrected chi connectivity index (χ4v) is 3.62. The smallest absolute Gasteiger partial charge is 0.0499 e. The summed E-state index contributed by atoms with van der Waals surface area (Å²) in [5, 5.41) is 13.3. The van der Waals surface area contributed by atoms with Crippen molar-refractivity contribution in [2.75, 3.05) is 6.61 Å². The van der Waals surface area contributed by atoms with E-state index in [1.807, 2.05) is 0 Å². The van der Waals surface area contributed by atoms with Crippen LogP contribution in [0.15, 0.2) is 0 Å². The van der Waals surface area contributed by atoms with Gasteiger partial charge in [0, 0.05) is 24.1 Å². The molecule has 0 bridgehead atoms. The Balaban J connectivity index is 1.88. The SMILES string of the molecule is CC(NC1CCCC1(C)CO)C1CCCC1. The largest absolute Gasteiger partial charge is 0.396 e. The molecule has 0 spiro atoms. The molecule has 2 heteroatoms. The topological polar surface area (TPSA) is 32.3 Å². The third kappa shape index (κ3) is 2.43. The van der Waals surface area contributed by atoms with Crippen LogP contribution >= 0.6 is 0 Å². The van der Waals surface area contributed by atoms with E-state index in [1.165, 1.54) is 44.9 Å². The molecule has 2 nitrogen and oxygen atoms in total. The van der Waals surface area contributed by atoms with Crippen LogP contribution < -0.4 is 5.32 Å². The van der Waals surface area contributed by atoms with Gasteiger partial charge in [0.05, 0.1) is 0 Å². The molecule has 3 unspecified atom stereocenters. The molecule has 16 heavy (non-hydrogen) atoms. The monoisotopic (exact) mass is 225 g/mol. The van der Waals surface area contributed by atoms with Crippen molar-refractivity contribution in [1.82, 2.24) is 5.32 Å². The van der Waals surface area contributed by atoms with E-state index in [0.717, 1.165) is 5.92 Å². The Morgan fingerprint density at radius 3 is 2.56 bits per heavy atom. The van der Waals surface area contributed by atoms with Gasteiger partial charge < -0.3 is 10.4 Å². The first kappa shape index (κ1) is 12.4. The molecule has 0 amide bonds. The first-order valence-corrected chi connectivity index (χ1v) is 7.02. The Morgan fingerprint density at radius 1 is 1.25 bits per heavy atom. The van der Waals surface area contributed by atoms with Gasteiger partial charge in [0.1, 0.15) is 0 Å². The summed E-state index contributed by atoms with van der Waals surface area (Å²) < 4.78 is 0. The van der Waals surface area contributed by atoms with Crippen LogP contribution in [-0.4, -0.2) is 23.8 Å². The Morgan fingerprint density at radius 2 is 1.94 bits per heavy atom. The van der Waals surface area contributed by atoms with E-state index in [0.29, 0.717) is 18.7 Å². The Hall–Kier alpha value is -0.0800. The van der Waals surface area contributed by atoms with Gasteiger partial charge in [-0.2, -0.15) is 0 Å². The molecule has 2 fully saturated rings. The third-order valence-corrected chi connectivity index (χ3v) is 5.01. The zero-order chi connectivity index (χ0) is 11.6. The van der Waals surface area contributed by atoms with Gasteiger partial charge in [-0.1, -0.05) is 26.2 Å². The van der Waals surface area contributed by atoms with E-state index in [2.05, 4.69) is 19.2 Å². The lowest BCUT2D eigenvalue weighted by molar-refractivity contribution is 0.110. The second-order valence-corrected chi connectivity index (χ2v) is 6.26. The highest BCUT2D eigenvalue weighted by atomic mass is 16.3. The normalized spacial score (nSPS) is 38.1. The van der Waals surface area contributed by atoms with Gasteiger partial charge in [0.2, 0.25) is 0 Å². The Labute approximate surface area is 99.8 Å². The minimum Gasteiger partial charge on any atom is -0.396 e. The van der Waals surface area contributed by atoms with Crippen molar-refractivity contribution in [3.63, 3.8) is 0 Å². The molecular formula is C14H27NO.